The molecule has 1 aliphatic heterocycles. The normalized spacial score (nSPS) is 16.5. The molecule has 0 bridgehead atoms. The van der Waals surface area contributed by atoms with E-state index < -0.39 is 23.3 Å². The van der Waals surface area contributed by atoms with Gasteiger partial charge in [-0.1, -0.05) is 29.8 Å². The summed E-state index contributed by atoms with van der Waals surface area (Å²) in [6, 6.07) is 4.86. The number of hydrogen-bond acceptors (Lipinski definition) is 4. The fourth-order valence-corrected chi connectivity index (χ4v) is 2.70. The van der Waals surface area contributed by atoms with Gasteiger partial charge in [0.15, 0.2) is 0 Å². The van der Waals surface area contributed by atoms with Crippen molar-refractivity contribution in [3.63, 3.8) is 0 Å². The summed E-state index contributed by atoms with van der Waals surface area (Å²) in [5.41, 5.74) is 5.78. The Morgan fingerprint density at radius 3 is 2.48 bits per heavy atom. The average molecular weight is 382 g/mol. The number of carbonyl (C=O) groups excluding carboxylic acids is 3. The summed E-state index contributed by atoms with van der Waals surface area (Å²) in [5.74, 6) is -1.19. The summed E-state index contributed by atoms with van der Waals surface area (Å²) in [7, 11) is 0. The number of nitrogens with two attached hydrogens (primary N) is 1. The molecule has 0 aliphatic carbocycles. The van der Waals surface area contributed by atoms with Crippen LogP contribution in [0.5, 0.6) is 0 Å². The summed E-state index contributed by atoms with van der Waals surface area (Å²) in [6.07, 6.45) is 0. The third-order valence-electron chi connectivity index (χ3n) is 4.36. The number of rotatable bonds is 5. The molecule has 2 rings (SSSR count). The quantitative estimate of drug-likeness (QED) is 0.756. The topological polar surface area (TPSA) is 92.5 Å². The molecule has 1 aliphatic rings. The standard InChI is InChI=1S/C16H20BrN3O3/c1-9(2)16(3,8-18)19-13(21)7-20-14(22)11-5-4-10(17)6-12(11)15(20)23/h4-6,9H,7-8,18H2,1-3H3,(H,19,21). The van der Waals surface area contributed by atoms with Crippen molar-refractivity contribution in [3.8, 4) is 0 Å². The van der Waals surface area contributed by atoms with Gasteiger partial charge in [0.05, 0.1) is 16.7 Å². The Morgan fingerprint density at radius 2 is 1.91 bits per heavy atom. The van der Waals surface area contributed by atoms with Gasteiger partial charge in [-0.05, 0) is 31.0 Å². The molecule has 0 saturated carbocycles. The second-order valence-electron chi connectivity index (χ2n) is 6.21. The largest absolute Gasteiger partial charge is 0.348 e. The number of halogens is 1. The van der Waals surface area contributed by atoms with Gasteiger partial charge in [0, 0.05) is 11.0 Å². The van der Waals surface area contributed by atoms with Gasteiger partial charge in [-0.25, -0.2) is 0 Å². The van der Waals surface area contributed by atoms with Crippen LogP contribution in [-0.2, 0) is 4.79 Å². The number of nitrogens with one attached hydrogen (secondary N) is 1. The summed E-state index contributed by atoms with van der Waals surface area (Å²) < 4.78 is 0.708. The number of fused-ring (bicyclic) bond motifs is 1. The van der Waals surface area contributed by atoms with Crippen LogP contribution < -0.4 is 11.1 Å². The van der Waals surface area contributed by atoms with E-state index in [0.29, 0.717) is 15.6 Å². The van der Waals surface area contributed by atoms with Crippen LogP contribution in [0.1, 0.15) is 41.5 Å². The van der Waals surface area contributed by atoms with Gasteiger partial charge in [-0.15, -0.1) is 0 Å². The molecule has 1 unspecified atom stereocenters. The Bertz CT molecular complexity index is 675. The van der Waals surface area contributed by atoms with E-state index in [1.807, 2.05) is 20.8 Å². The van der Waals surface area contributed by atoms with Gasteiger partial charge in [0.25, 0.3) is 11.8 Å². The average Bonchev–Trinajstić information content (AvgIpc) is 2.71. The summed E-state index contributed by atoms with van der Waals surface area (Å²) in [6.45, 7) is 5.70. The summed E-state index contributed by atoms with van der Waals surface area (Å²) >= 11 is 3.27. The number of carbonyl (C=O) groups is 3. The molecule has 0 aromatic heterocycles. The second-order valence-corrected chi connectivity index (χ2v) is 7.13. The first kappa shape index (κ1) is 17.6. The lowest BCUT2D eigenvalue weighted by atomic mass is 9.88. The van der Waals surface area contributed by atoms with E-state index in [4.69, 9.17) is 5.73 Å². The summed E-state index contributed by atoms with van der Waals surface area (Å²) in [4.78, 5) is 37.9. The molecular weight excluding hydrogens is 362 g/mol. The highest BCUT2D eigenvalue weighted by molar-refractivity contribution is 9.10. The number of nitrogens with zero attached hydrogens (tertiary/aromatic N) is 1. The molecule has 0 radical (unpaired) electrons. The SMILES string of the molecule is CC(C)C(C)(CN)NC(=O)CN1C(=O)c2ccc(Br)cc2C1=O. The van der Waals surface area contributed by atoms with Crippen LogP contribution in [0.25, 0.3) is 0 Å². The maximum Gasteiger partial charge on any atom is 0.262 e. The molecule has 3 N–H and O–H groups in total. The number of amides is 3. The van der Waals surface area contributed by atoms with Gasteiger partial charge < -0.3 is 11.1 Å². The highest BCUT2D eigenvalue weighted by Crippen LogP contribution is 2.26. The van der Waals surface area contributed by atoms with Gasteiger partial charge >= 0.3 is 0 Å². The van der Waals surface area contributed by atoms with Crippen molar-refractivity contribution in [1.29, 1.82) is 0 Å². The van der Waals surface area contributed by atoms with Crippen LogP contribution in [0.4, 0.5) is 0 Å². The minimum absolute atomic E-state index is 0.120. The molecular formula is C16H20BrN3O3. The Morgan fingerprint density at radius 1 is 1.30 bits per heavy atom. The third-order valence-corrected chi connectivity index (χ3v) is 4.85. The molecule has 0 fully saturated rings. The smallest absolute Gasteiger partial charge is 0.262 e. The minimum Gasteiger partial charge on any atom is -0.348 e. The van der Waals surface area contributed by atoms with E-state index in [9.17, 15) is 14.4 Å². The van der Waals surface area contributed by atoms with Gasteiger partial charge in [-0.2, -0.15) is 0 Å². The Balaban J connectivity index is 2.14. The number of benzene rings is 1. The molecule has 23 heavy (non-hydrogen) atoms. The van der Waals surface area contributed by atoms with Crippen LogP contribution >= 0.6 is 15.9 Å². The first-order valence-electron chi connectivity index (χ1n) is 7.36. The van der Waals surface area contributed by atoms with Crippen LogP contribution in [0.3, 0.4) is 0 Å². The highest BCUT2D eigenvalue weighted by Gasteiger charge is 2.38. The van der Waals surface area contributed by atoms with E-state index in [1.54, 1.807) is 18.2 Å². The van der Waals surface area contributed by atoms with Crippen molar-refractivity contribution in [1.82, 2.24) is 10.2 Å². The molecule has 0 saturated heterocycles. The lowest BCUT2D eigenvalue weighted by Gasteiger charge is -2.34. The van der Waals surface area contributed by atoms with E-state index in [1.165, 1.54) is 0 Å². The summed E-state index contributed by atoms with van der Waals surface area (Å²) in [5, 5.41) is 2.83. The van der Waals surface area contributed by atoms with Gasteiger partial charge in [0.2, 0.25) is 5.91 Å². The molecule has 0 spiro atoms. The van der Waals surface area contributed by atoms with Crippen molar-refractivity contribution < 1.29 is 14.4 Å². The zero-order chi connectivity index (χ0) is 17.4. The molecule has 3 amide bonds. The van der Waals surface area contributed by atoms with Crippen molar-refractivity contribution in [2.24, 2.45) is 11.7 Å². The van der Waals surface area contributed by atoms with Crippen LogP contribution in [0.2, 0.25) is 0 Å². The molecule has 124 valence electrons. The molecule has 1 heterocycles. The Kier molecular flexibility index (Phi) is 4.91. The molecule has 6 nitrogen and oxygen atoms in total. The van der Waals surface area contributed by atoms with Crippen molar-refractivity contribution in [2.75, 3.05) is 13.1 Å². The first-order chi connectivity index (χ1) is 10.7. The molecule has 7 heteroatoms. The highest BCUT2D eigenvalue weighted by atomic mass is 79.9. The molecule has 1 aromatic rings. The van der Waals surface area contributed by atoms with E-state index in [2.05, 4.69) is 21.2 Å². The number of imide groups is 1. The fraction of sp³-hybridized carbons (Fsp3) is 0.438. The zero-order valence-electron chi connectivity index (χ0n) is 13.4. The van der Waals surface area contributed by atoms with Crippen LogP contribution in [-0.4, -0.2) is 41.2 Å². The minimum atomic E-state index is -0.585. The van der Waals surface area contributed by atoms with Crippen molar-refractivity contribution >= 4 is 33.7 Å². The number of hydrogen-bond donors (Lipinski definition) is 2. The lowest BCUT2D eigenvalue weighted by molar-refractivity contribution is -0.123. The van der Waals surface area contributed by atoms with Gasteiger partial charge in [0.1, 0.15) is 6.54 Å². The fourth-order valence-electron chi connectivity index (χ4n) is 2.34. The van der Waals surface area contributed by atoms with Crippen molar-refractivity contribution in [2.45, 2.75) is 26.3 Å². The Labute approximate surface area is 143 Å². The zero-order valence-corrected chi connectivity index (χ0v) is 14.9. The lowest BCUT2D eigenvalue weighted by Crippen LogP contribution is -2.57. The first-order valence-corrected chi connectivity index (χ1v) is 8.15. The predicted octanol–water partition coefficient (Wildman–Crippen LogP) is 1.53. The maximum absolute atomic E-state index is 12.3. The molecule has 1 atom stereocenters. The van der Waals surface area contributed by atoms with E-state index in [0.717, 1.165) is 4.90 Å². The maximum atomic E-state index is 12.3. The van der Waals surface area contributed by atoms with E-state index in [-0.39, 0.29) is 19.0 Å². The van der Waals surface area contributed by atoms with Crippen LogP contribution in [0, 0.1) is 5.92 Å². The molecule has 1 aromatic carbocycles. The third kappa shape index (κ3) is 3.30. The van der Waals surface area contributed by atoms with Crippen molar-refractivity contribution in [3.05, 3.63) is 33.8 Å². The van der Waals surface area contributed by atoms with Crippen LogP contribution in [0.15, 0.2) is 22.7 Å². The Hall–Kier alpha value is -1.73. The van der Waals surface area contributed by atoms with E-state index >= 15 is 0 Å². The monoisotopic (exact) mass is 381 g/mol. The van der Waals surface area contributed by atoms with Gasteiger partial charge in [-0.3, -0.25) is 19.3 Å². The second kappa shape index (κ2) is 6.41. The predicted molar refractivity (Wildman–Crippen MR) is 89.9 cm³/mol.